The molecule has 2 N–H and O–H groups in total. The van der Waals surface area contributed by atoms with E-state index in [1.54, 1.807) is 0 Å². The average Bonchev–Trinajstić information content (AvgIpc) is 2.83. The van der Waals surface area contributed by atoms with E-state index in [0.717, 1.165) is 29.0 Å². The number of hydrogen-bond acceptors (Lipinski definition) is 2. The number of imidazole rings is 1. The molecule has 0 radical (unpaired) electrons. The van der Waals surface area contributed by atoms with Crippen LogP contribution in [0.2, 0.25) is 0 Å². The molecule has 0 atom stereocenters. The van der Waals surface area contributed by atoms with Crippen molar-refractivity contribution in [1.82, 2.24) is 15.3 Å². The van der Waals surface area contributed by atoms with E-state index >= 15 is 0 Å². The quantitative estimate of drug-likeness (QED) is 0.735. The summed E-state index contributed by atoms with van der Waals surface area (Å²) in [5.41, 5.74) is 4.47. The van der Waals surface area contributed by atoms with Crippen molar-refractivity contribution in [3.05, 3.63) is 54.1 Å². The Balaban J connectivity index is 2.06. The molecule has 0 aliphatic heterocycles. The fourth-order valence-electron chi connectivity index (χ4n) is 2.10. The highest BCUT2D eigenvalue weighted by Gasteiger charge is 2.05. The molecular weight excluding hydrogens is 222 g/mol. The van der Waals surface area contributed by atoms with E-state index in [-0.39, 0.29) is 0 Å². The fourth-order valence-corrected chi connectivity index (χ4v) is 2.10. The van der Waals surface area contributed by atoms with Crippen molar-refractivity contribution in [3.63, 3.8) is 0 Å². The molecule has 0 fully saturated rings. The lowest BCUT2D eigenvalue weighted by Crippen LogP contribution is -2.04. The maximum Gasteiger partial charge on any atom is 0.138 e. The fraction of sp³-hybridized carbons (Fsp3) is 0.133. The molecule has 0 spiro atoms. The van der Waals surface area contributed by atoms with Crippen LogP contribution in [0.25, 0.3) is 22.4 Å². The van der Waals surface area contributed by atoms with Gasteiger partial charge in [-0.05, 0) is 24.7 Å². The second-order valence-corrected chi connectivity index (χ2v) is 4.33. The Bertz CT molecular complexity index is 656. The number of rotatable bonds is 3. The van der Waals surface area contributed by atoms with Gasteiger partial charge in [0, 0.05) is 12.1 Å². The van der Waals surface area contributed by atoms with Crippen molar-refractivity contribution in [1.29, 1.82) is 0 Å². The lowest BCUT2D eigenvalue weighted by molar-refractivity contribution is 0.819. The van der Waals surface area contributed by atoms with Gasteiger partial charge in [-0.3, -0.25) is 0 Å². The van der Waals surface area contributed by atoms with Crippen LogP contribution in [0, 0.1) is 0 Å². The van der Waals surface area contributed by atoms with Gasteiger partial charge in [0.15, 0.2) is 0 Å². The predicted molar refractivity (Wildman–Crippen MR) is 74.3 cm³/mol. The predicted octanol–water partition coefficient (Wildman–Crippen LogP) is 2.95. The lowest BCUT2D eigenvalue weighted by Gasteiger charge is -1.98. The Labute approximate surface area is 106 Å². The van der Waals surface area contributed by atoms with Gasteiger partial charge in [0.2, 0.25) is 0 Å². The van der Waals surface area contributed by atoms with E-state index in [0.29, 0.717) is 0 Å². The first kappa shape index (κ1) is 11.0. The molecule has 0 saturated heterocycles. The SMILES string of the molecule is CNCc1ccc2nc(-c3ccccc3)[nH]c2c1. The monoisotopic (exact) mass is 237 g/mol. The van der Waals surface area contributed by atoms with Crippen LogP contribution < -0.4 is 5.32 Å². The Morgan fingerprint density at radius 1 is 1.11 bits per heavy atom. The van der Waals surface area contributed by atoms with Crippen LogP contribution in [0.5, 0.6) is 0 Å². The highest BCUT2D eigenvalue weighted by Crippen LogP contribution is 2.20. The number of benzene rings is 2. The van der Waals surface area contributed by atoms with Gasteiger partial charge in [-0.2, -0.15) is 0 Å². The molecule has 0 aliphatic carbocycles. The summed E-state index contributed by atoms with van der Waals surface area (Å²) >= 11 is 0. The maximum atomic E-state index is 4.61. The van der Waals surface area contributed by atoms with E-state index in [4.69, 9.17) is 0 Å². The summed E-state index contributed by atoms with van der Waals surface area (Å²) in [5, 5.41) is 3.15. The number of nitrogens with one attached hydrogen (secondary N) is 2. The summed E-state index contributed by atoms with van der Waals surface area (Å²) in [6.07, 6.45) is 0. The zero-order chi connectivity index (χ0) is 12.4. The van der Waals surface area contributed by atoms with Crippen molar-refractivity contribution in [2.45, 2.75) is 6.54 Å². The number of nitrogens with zero attached hydrogens (tertiary/aromatic N) is 1. The summed E-state index contributed by atoms with van der Waals surface area (Å²) < 4.78 is 0. The third kappa shape index (κ3) is 2.00. The summed E-state index contributed by atoms with van der Waals surface area (Å²) in [6.45, 7) is 0.871. The van der Waals surface area contributed by atoms with Gasteiger partial charge in [0.05, 0.1) is 11.0 Å². The summed E-state index contributed by atoms with van der Waals surface area (Å²) in [6, 6.07) is 16.5. The third-order valence-electron chi connectivity index (χ3n) is 2.97. The molecule has 3 nitrogen and oxygen atoms in total. The third-order valence-corrected chi connectivity index (χ3v) is 2.97. The highest BCUT2D eigenvalue weighted by molar-refractivity contribution is 5.80. The van der Waals surface area contributed by atoms with Crippen LogP contribution in [-0.2, 0) is 6.54 Å². The Morgan fingerprint density at radius 2 is 1.94 bits per heavy atom. The van der Waals surface area contributed by atoms with Crippen LogP contribution >= 0.6 is 0 Å². The van der Waals surface area contributed by atoms with Crippen molar-refractivity contribution < 1.29 is 0 Å². The molecule has 0 amide bonds. The van der Waals surface area contributed by atoms with Gasteiger partial charge in [-0.15, -0.1) is 0 Å². The Hall–Kier alpha value is -2.13. The van der Waals surface area contributed by atoms with Crippen molar-refractivity contribution in [3.8, 4) is 11.4 Å². The first-order chi connectivity index (χ1) is 8.86. The number of fused-ring (bicyclic) bond motifs is 1. The number of aromatic amines is 1. The van der Waals surface area contributed by atoms with Gasteiger partial charge in [0.1, 0.15) is 5.82 Å². The second-order valence-electron chi connectivity index (χ2n) is 4.33. The largest absolute Gasteiger partial charge is 0.338 e. The lowest BCUT2D eigenvalue weighted by atomic mass is 10.2. The minimum absolute atomic E-state index is 0.871. The van der Waals surface area contributed by atoms with Gasteiger partial charge < -0.3 is 10.3 Å². The van der Waals surface area contributed by atoms with Gasteiger partial charge in [0.25, 0.3) is 0 Å². The highest BCUT2D eigenvalue weighted by atomic mass is 14.9. The van der Waals surface area contributed by atoms with E-state index < -0.39 is 0 Å². The van der Waals surface area contributed by atoms with Crippen molar-refractivity contribution >= 4 is 11.0 Å². The number of aromatic nitrogens is 2. The van der Waals surface area contributed by atoms with Crippen molar-refractivity contribution in [2.75, 3.05) is 7.05 Å². The van der Waals surface area contributed by atoms with Crippen LogP contribution in [0.3, 0.4) is 0 Å². The second kappa shape index (κ2) is 4.63. The van der Waals surface area contributed by atoms with E-state index in [2.05, 4.69) is 45.6 Å². The standard InChI is InChI=1S/C15H15N3/c1-16-10-11-7-8-13-14(9-11)18-15(17-13)12-5-3-2-4-6-12/h2-9,16H,10H2,1H3,(H,17,18). The van der Waals surface area contributed by atoms with Crippen LogP contribution in [0.1, 0.15) is 5.56 Å². The minimum atomic E-state index is 0.871. The topological polar surface area (TPSA) is 40.7 Å². The Kier molecular flexibility index (Phi) is 2.82. The zero-order valence-electron chi connectivity index (χ0n) is 10.3. The van der Waals surface area contributed by atoms with Gasteiger partial charge >= 0.3 is 0 Å². The van der Waals surface area contributed by atoms with Crippen LogP contribution in [0.4, 0.5) is 0 Å². The molecule has 3 rings (SSSR count). The molecular formula is C15H15N3. The number of H-pyrrole nitrogens is 1. The molecule has 0 unspecified atom stereocenters. The summed E-state index contributed by atoms with van der Waals surface area (Å²) in [4.78, 5) is 7.98. The average molecular weight is 237 g/mol. The molecule has 90 valence electrons. The minimum Gasteiger partial charge on any atom is -0.338 e. The maximum absolute atomic E-state index is 4.61. The molecule has 18 heavy (non-hydrogen) atoms. The molecule has 0 aliphatic rings. The van der Waals surface area contributed by atoms with E-state index in [9.17, 15) is 0 Å². The molecule has 1 aromatic heterocycles. The van der Waals surface area contributed by atoms with Crippen LogP contribution in [0.15, 0.2) is 48.5 Å². The molecule has 0 bridgehead atoms. The Morgan fingerprint density at radius 3 is 2.72 bits per heavy atom. The normalized spacial score (nSPS) is 10.9. The van der Waals surface area contributed by atoms with Gasteiger partial charge in [-0.1, -0.05) is 36.4 Å². The molecule has 3 aromatic rings. The molecule has 2 aromatic carbocycles. The zero-order valence-corrected chi connectivity index (χ0v) is 10.3. The molecule has 3 heteroatoms. The summed E-state index contributed by atoms with van der Waals surface area (Å²) in [5.74, 6) is 0.923. The van der Waals surface area contributed by atoms with E-state index in [1.807, 2.05) is 25.2 Å². The first-order valence-corrected chi connectivity index (χ1v) is 6.05. The first-order valence-electron chi connectivity index (χ1n) is 6.05. The number of hydrogen-bond donors (Lipinski definition) is 2. The van der Waals surface area contributed by atoms with Crippen molar-refractivity contribution in [2.24, 2.45) is 0 Å². The van der Waals surface area contributed by atoms with Gasteiger partial charge in [-0.25, -0.2) is 4.98 Å². The van der Waals surface area contributed by atoms with Crippen LogP contribution in [-0.4, -0.2) is 17.0 Å². The molecule has 1 heterocycles. The smallest absolute Gasteiger partial charge is 0.138 e. The molecule has 0 saturated carbocycles. The van der Waals surface area contributed by atoms with E-state index in [1.165, 1.54) is 5.56 Å². The summed E-state index contributed by atoms with van der Waals surface area (Å²) in [7, 11) is 1.95.